The lowest BCUT2D eigenvalue weighted by Gasteiger charge is -2.22. The molecule has 1 aromatic carbocycles. The van der Waals surface area contributed by atoms with Crippen LogP contribution in [0.3, 0.4) is 0 Å². The normalized spacial score (nSPS) is 19.7. The zero-order chi connectivity index (χ0) is 18.5. The summed E-state index contributed by atoms with van der Waals surface area (Å²) in [7, 11) is 0. The van der Waals surface area contributed by atoms with E-state index in [1.54, 1.807) is 4.90 Å². The van der Waals surface area contributed by atoms with E-state index in [1.807, 2.05) is 0 Å². The number of carbonyl (C=O) groups is 1. The molecule has 3 heterocycles. The average Bonchev–Trinajstić information content (AvgIpc) is 3.18. The molecule has 0 unspecified atom stereocenters. The molecule has 0 spiro atoms. The molecule has 1 amide bonds. The first-order chi connectivity index (χ1) is 13.1. The molecule has 1 saturated heterocycles. The number of aromatic amines is 1. The maximum atomic E-state index is 13.7. The second kappa shape index (κ2) is 6.00. The first-order valence-electron chi connectivity index (χ1n) is 9.07. The Labute approximate surface area is 153 Å². The lowest BCUT2D eigenvalue weighted by molar-refractivity contribution is 0.0712. The lowest BCUT2D eigenvalue weighted by Crippen LogP contribution is -2.31. The predicted molar refractivity (Wildman–Crippen MR) is 93.8 cm³/mol. The summed E-state index contributed by atoms with van der Waals surface area (Å²) in [6, 6.07) is 4.89. The molecule has 1 aliphatic carbocycles. The summed E-state index contributed by atoms with van der Waals surface area (Å²) in [4.78, 5) is 34.0. The smallest absolute Gasteiger partial charge is 0.255 e. The summed E-state index contributed by atoms with van der Waals surface area (Å²) in [6.07, 6.45) is 3.65. The maximum Gasteiger partial charge on any atom is 0.255 e. The van der Waals surface area contributed by atoms with E-state index in [2.05, 4.69) is 15.1 Å². The van der Waals surface area contributed by atoms with Crippen LogP contribution in [0.15, 0.2) is 33.6 Å². The molecular weight excluding hydrogens is 351 g/mol. The Hall–Kier alpha value is -3.03. The summed E-state index contributed by atoms with van der Waals surface area (Å²) in [5.41, 5.74) is 0.209. The van der Waals surface area contributed by atoms with Crippen molar-refractivity contribution in [2.45, 2.75) is 37.6 Å². The molecule has 7 nitrogen and oxygen atoms in total. The number of hydrogen-bond acceptors (Lipinski definition) is 5. The van der Waals surface area contributed by atoms with Gasteiger partial charge in [0, 0.05) is 29.4 Å². The van der Waals surface area contributed by atoms with Crippen molar-refractivity contribution >= 4 is 16.8 Å². The van der Waals surface area contributed by atoms with Crippen LogP contribution in [0.4, 0.5) is 4.39 Å². The van der Waals surface area contributed by atoms with Crippen molar-refractivity contribution in [2.24, 2.45) is 0 Å². The van der Waals surface area contributed by atoms with Crippen molar-refractivity contribution in [3.8, 4) is 0 Å². The predicted octanol–water partition coefficient (Wildman–Crippen LogP) is 2.90. The van der Waals surface area contributed by atoms with Gasteiger partial charge in [-0.25, -0.2) is 4.39 Å². The number of nitrogens with zero attached hydrogens (tertiary/aromatic N) is 3. The van der Waals surface area contributed by atoms with Gasteiger partial charge in [-0.2, -0.15) is 4.98 Å². The molecule has 1 N–H and O–H groups in total. The van der Waals surface area contributed by atoms with Gasteiger partial charge in [0.2, 0.25) is 11.4 Å². The minimum absolute atomic E-state index is 0.182. The van der Waals surface area contributed by atoms with Crippen LogP contribution in [-0.2, 0) is 0 Å². The number of aromatic nitrogens is 3. The van der Waals surface area contributed by atoms with Gasteiger partial charge >= 0.3 is 0 Å². The second-order valence-electron chi connectivity index (χ2n) is 7.16. The topological polar surface area (TPSA) is 92.1 Å². The molecule has 1 saturated carbocycles. The summed E-state index contributed by atoms with van der Waals surface area (Å²) in [6.45, 7) is 0.522. The molecule has 8 heteroatoms. The number of pyridine rings is 1. The molecule has 5 rings (SSSR count). The molecule has 0 bridgehead atoms. The number of likely N-dealkylation sites (tertiary alicyclic amines) is 1. The fourth-order valence-electron chi connectivity index (χ4n) is 3.71. The summed E-state index contributed by atoms with van der Waals surface area (Å²) >= 11 is 0. The SMILES string of the molecule is O=C(c1cc(=O)[nH]c2ccc(F)cc12)N1CCC[C@H]1c1nc(C2CC2)no1. The Morgan fingerprint density at radius 2 is 2.11 bits per heavy atom. The largest absolute Gasteiger partial charge is 0.337 e. The third kappa shape index (κ3) is 2.81. The van der Waals surface area contributed by atoms with Crippen LogP contribution < -0.4 is 5.56 Å². The van der Waals surface area contributed by atoms with E-state index in [1.165, 1.54) is 24.3 Å². The number of halogens is 1. The van der Waals surface area contributed by atoms with Gasteiger partial charge in [-0.15, -0.1) is 0 Å². The molecule has 0 radical (unpaired) electrons. The van der Waals surface area contributed by atoms with Gasteiger partial charge in [-0.05, 0) is 43.9 Å². The van der Waals surface area contributed by atoms with Crippen LogP contribution in [0, 0.1) is 5.82 Å². The Bertz CT molecular complexity index is 1100. The van der Waals surface area contributed by atoms with Gasteiger partial charge < -0.3 is 14.4 Å². The molecule has 3 aromatic rings. The van der Waals surface area contributed by atoms with Crippen molar-refractivity contribution < 1.29 is 13.7 Å². The standard InChI is InChI=1S/C19H17FN4O3/c20-11-5-6-14-12(8-11)13(9-16(25)21-14)19(26)24-7-1-2-15(24)18-22-17(23-27-18)10-3-4-10/h5-6,8-10,15H,1-4,7H2,(H,21,25)/t15-/m0/s1. The lowest BCUT2D eigenvalue weighted by atomic mass is 10.1. The molecule has 1 atom stereocenters. The van der Waals surface area contributed by atoms with Crippen molar-refractivity contribution in [3.05, 3.63) is 57.7 Å². The number of benzene rings is 1. The summed E-state index contributed by atoms with van der Waals surface area (Å²) in [5, 5.41) is 4.42. The molecule has 27 heavy (non-hydrogen) atoms. The minimum atomic E-state index is -0.465. The Morgan fingerprint density at radius 1 is 1.26 bits per heavy atom. The van der Waals surface area contributed by atoms with Gasteiger partial charge in [-0.1, -0.05) is 5.16 Å². The Morgan fingerprint density at radius 3 is 2.93 bits per heavy atom. The first-order valence-corrected chi connectivity index (χ1v) is 9.07. The summed E-state index contributed by atoms with van der Waals surface area (Å²) < 4.78 is 19.1. The highest BCUT2D eigenvalue weighted by molar-refractivity contribution is 6.06. The quantitative estimate of drug-likeness (QED) is 0.767. The summed E-state index contributed by atoms with van der Waals surface area (Å²) in [5.74, 6) is 0.710. The van der Waals surface area contributed by atoms with Gasteiger partial charge in [0.15, 0.2) is 5.82 Å². The van der Waals surface area contributed by atoms with Crippen LogP contribution in [0.2, 0.25) is 0 Å². The highest BCUT2D eigenvalue weighted by Crippen LogP contribution is 2.40. The van der Waals surface area contributed by atoms with E-state index >= 15 is 0 Å². The zero-order valence-electron chi connectivity index (χ0n) is 14.4. The minimum Gasteiger partial charge on any atom is -0.337 e. The van der Waals surface area contributed by atoms with E-state index in [0.717, 1.165) is 19.3 Å². The maximum absolute atomic E-state index is 13.7. The number of H-pyrrole nitrogens is 1. The number of carbonyl (C=O) groups excluding carboxylic acids is 1. The van der Waals surface area contributed by atoms with Crippen molar-refractivity contribution in [2.75, 3.05) is 6.54 Å². The van der Waals surface area contributed by atoms with E-state index < -0.39 is 11.4 Å². The Kier molecular flexibility index (Phi) is 3.60. The highest BCUT2D eigenvalue weighted by Gasteiger charge is 2.37. The van der Waals surface area contributed by atoms with Gasteiger partial charge in [0.1, 0.15) is 11.9 Å². The molecule has 2 fully saturated rings. The van der Waals surface area contributed by atoms with Crippen LogP contribution in [0.1, 0.15) is 59.7 Å². The second-order valence-corrected chi connectivity index (χ2v) is 7.16. The van der Waals surface area contributed by atoms with Crippen LogP contribution >= 0.6 is 0 Å². The van der Waals surface area contributed by atoms with Crippen LogP contribution in [-0.4, -0.2) is 32.5 Å². The third-order valence-corrected chi connectivity index (χ3v) is 5.23. The van der Waals surface area contributed by atoms with E-state index in [9.17, 15) is 14.0 Å². The van der Waals surface area contributed by atoms with Crippen LogP contribution in [0.25, 0.3) is 10.9 Å². The molecule has 2 aliphatic rings. The molecule has 138 valence electrons. The molecule has 2 aromatic heterocycles. The van der Waals surface area contributed by atoms with Gasteiger partial charge in [0.25, 0.3) is 5.91 Å². The fraction of sp³-hybridized carbons (Fsp3) is 0.368. The monoisotopic (exact) mass is 368 g/mol. The number of hydrogen-bond donors (Lipinski definition) is 1. The number of rotatable bonds is 3. The van der Waals surface area contributed by atoms with Crippen molar-refractivity contribution in [3.63, 3.8) is 0 Å². The average molecular weight is 368 g/mol. The first kappa shape index (κ1) is 16.2. The van der Waals surface area contributed by atoms with E-state index in [4.69, 9.17) is 4.52 Å². The van der Waals surface area contributed by atoms with E-state index in [-0.39, 0.29) is 17.5 Å². The highest BCUT2D eigenvalue weighted by atomic mass is 19.1. The Balaban J connectivity index is 1.53. The van der Waals surface area contributed by atoms with Gasteiger partial charge in [0.05, 0.1) is 5.56 Å². The van der Waals surface area contributed by atoms with Crippen molar-refractivity contribution in [1.29, 1.82) is 0 Å². The zero-order valence-corrected chi connectivity index (χ0v) is 14.4. The number of amides is 1. The van der Waals surface area contributed by atoms with Gasteiger partial charge in [-0.3, -0.25) is 9.59 Å². The van der Waals surface area contributed by atoms with Crippen LogP contribution in [0.5, 0.6) is 0 Å². The van der Waals surface area contributed by atoms with E-state index in [0.29, 0.717) is 41.5 Å². The molecular formula is C19H17FN4O3. The fourth-order valence-corrected chi connectivity index (χ4v) is 3.71. The third-order valence-electron chi connectivity index (χ3n) is 5.23. The van der Waals surface area contributed by atoms with Crippen molar-refractivity contribution in [1.82, 2.24) is 20.0 Å². The molecule has 1 aliphatic heterocycles. The number of nitrogens with one attached hydrogen (secondary N) is 1. The number of fused-ring (bicyclic) bond motifs is 1.